The lowest BCUT2D eigenvalue weighted by molar-refractivity contribution is -0.121. The van der Waals surface area contributed by atoms with Crippen LogP contribution in [-0.2, 0) is 16.0 Å². The summed E-state index contributed by atoms with van der Waals surface area (Å²) in [5, 5.41) is 2.80. The van der Waals surface area contributed by atoms with Crippen LogP contribution in [0, 0.1) is 0 Å². The summed E-state index contributed by atoms with van der Waals surface area (Å²) in [5.41, 5.74) is 7.50. The minimum Gasteiger partial charge on any atom is -0.354 e. The van der Waals surface area contributed by atoms with Gasteiger partial charge >= 0.3 is 0 Å². The first kappa shape index (κ1) is 18.5. The van der Waals surface area contributed by atoms with E-state index in [0.717, 1.165) is 12.1 Å². The van der Waals surface area contributed by atoms with Gasteiger partial charge in [-0.15, -0.1) is 12.4 Å². The van der Waals surface area contributed by atoms with Gasteiger partial charge in [-0.25, -0.2) is 0 Å². The fourth-order valence-corrected chi connectivity index (χ4v) is 2.37. The molecule has 1 aliphatic rings. The number of nitrogens with two attached hydrogens (primary N) is 1. The van der Waals surface area contributed by atoms with Crippen molar-refractivity contribution in [1.82, 2.24) is 5.32 Å². The zero-order chi connectivity index (χ0) is 15.5. The van der Waals surface area contributed by atoms with Gasteiger partial charge in [0.05, 0.1) is 0 Å². The maximum Gasteiger partial charge on any atom is 0.227 e. The fraction of sp³-hybridized carbons (Fsp3) is 0.500. The highest BCUT2D eigenvalue weighted by molar-refractivity contribution is 5.96. The number of carbonyl (C=O) groups is 2. The number of aryl methyl sites for hydroxylation is 1. The molecule has 1 aromatic carbocycles. The van der Waals surface area contributed by atoms with Gasteiger partial charge in [-0.2, -0.15) is 0 Å². The number of rotatable bonds is 5. The molecule has 0 fully saturated rings. The van der Waals surface area contributed by atoms with Crippen molar-refractivity contribution in [3.63, 3.8) is 0 Å². The Labute approximate surface area is 137 Å². The smallest absolute Gasteiger partial charge is 0.227 e. The Morgan fingerprint density at radius 3 is 2.68 bits per heavy atom. The van der Waals surface area contributed by atoms with Crippen LogP contribution in [0.1, 0.15) is 32.3 Å². The highest BCUT2D eigenvalue weighted by atomic mass is 35.5. The molecule has 0 bridgehead atoms. The van der Waals surface area contributed by atoms with Crippen LogP contribution in [0.4, 0.5) is 5.69 Å². The predicted octanol–water partition coefficient (Wildman–Crippen LogP) is 1.63. The number of carbonyl (C=O) groups excluding carboxylic acids is 2. The highest BCUT2D eigenvalue weighted by Gasteiger charge is 2.24. The standard InChI is InChI=1S/C16H23N3O2.ClH/c1-16(2,17)11-18-14(20)9-10-19-13-6-4-3-5-12(13)7-8-15(19)21;/h3-6H,7-11,17H2,1-2H3,(H,18,20);1H. The van der Waals surface area contributed by atoms with Crippen molar-refractivity contribution < 1.29 is 9.59 Å². The molecule has 1 aliphatic heterocycles. The van der Waals surface area contributed by atoms with E-state index in [4.69, 9.17) is 5.73 Å². The lowest BCUT2D eigenvalue weighted by Crippen LogP contribution is -2.46. The molecular formula is C16H24ClN3O2. The second-order valence-electron chi connectivity index (χ2n) is 6.19. The molecule has 2 rings (SSSR count). The van der Waals surface area contributed by atoms with Crippen molar-refractivity contribution >= 4 is 29.9 Å². The second-order valence-corrected chi connectivity index (χ2v) is 6.19. The molecule has 0 aromatic heterocycles. The minimum absolute atomic E-state index is 0. The van der Waals surface area contributed by atoms with E-state index in [1.54, 1.807) is 4.90 Å². The molecular weight excluding hydrogens is 302 g/mol. The topological polar surface area (TPSA) is 75.4 Å². The number of fused-ring (bicyclic) bond motifs is 1. The van der Waals surface area contributed by atoms with E-state index >= 15 is 0 Å². The third kappa shape index (κ3) is 5.00. The summed E-state index contributed by atoms with van der Waals surface area (Å²) in [6.45, 7) is 4.55. The number of benzene rings is 1. The van der Waals surface area contributed by atoms with E-state index in [-0.39, 0.29) is 30.6 Å². The zero-order valence-electron chi connectivity index (χ0n) is 13.1. The van der Waals surface area contributed by atoms with Crippen LogP contribution in [0.5, 0.6) is 0 Å². The van der Waals surface area contributed by atoms with Crippen LogP contribution in [0.15, 0.2) is 24.3 Å². The summed E-state index contributed by atoms with van der Waals surface area (Å²) in [6, 6.07) is 7.86. The van der Waals surface area contributed by atoms with Gasteiger partial charge in [0.15, 0.2) is 0 Å². The molecule has 1 heterocycles. The van der Waals surface area contributed by atoms with E-state index in [0.29, 0.717) is 19.5 Å². The van der Waals surface area contributed by atoms with Crippen molar-refractivity contribution in [2.24, 2.45) is 5.73 Å². The summed E-state index contributed by atoms with van der Waals surface area (Å²) in [4.78, 5) is 25.6. The number of amides is 2. The SMILES string of the molecule is CC(C)(N)CNC(=O)CCN1C(=O)CCc2ccccc21.Cl. The Balaban J connectivity index is 0.00000242. The molecule has 0 saturated heterocycles. The molecule has 3 N–H and O–H groups in total. The predicted molar refractivity (Wildman–Crippen MR) is 90.3 cm³/mol. The molecule has 0 spiro atoms. The molecule has 6 heteroatoms. The van der Waals surface area contributed by atoms with Crippen molar-refractivity contribution in [3.05, 3.63) is 29.8 Å². The van der Waals surface area contributed by atoms with Gasteiger partial charge in [-0.1, -0.05) is 18.2 Å². The number of hydrogen-bond donors (Lipinski definition) is 2. The fourth-order valence-electron chi connectivity index (χ4n) is 2.37. The lowest BCUT2D eigenvalue weighted by atomic mass is 10.0. The largest absolute Gasteiger partial charge is 0.354 e. The molecule has 0 unspecified atom stereocenters. The number of anilines is 1. The lowest BCUT2D eigenvalue weighted by Gasteiger charge is -2.29. The summed E-state index contributed by atoms with van der Waals surface area (Å²) < 4.78 is 0. The summed E-state index contributed by atoms with van der Waals surface area (Å²) >= 11 is 0. The first-order valence-corrected chi connectivity index (χ1v) is 7.31. The third-order valence-electron chi connectivity index (χ3n) is 3.50. The van der Waals surface area contributed by atoms with E-state index in [9.17, 15) is 9.59 Å². The number of hydrogen-bond acceptors (Lipinski definition) is 3. The summed E-state index contributed by atoms with van der Waals surface area (Å²) in [5.74, 6) is 0.00466. The molecule has 1 aromatic rings. The van der Waals surface area contributed by atoms with Crippen LogP contribution in [-0.4, -0.2) is 30.4 Å². The monoisotopic (exact) mass is 325 g/mol. The molecule has 0 saturated carbocycles. The Bertz CT molecular complexity index is 540. The van der Waals surface area contributed by atoms with Gasteiger partial charge in [-0.05, 0) is 31.9 Å². The third-order valence-corrected chi connectivity index (χ3v) is 3.50. The zero-order valence-corrected chi connectivity index (χ0v) is 13.9. The van der Waals surface area contributed by atoms with Crippen molar-refractivity contribution in [1.29, 1.82) is 0 Å². The molecule has 5 nitrogen and oxygen atoms in total. The average Bonchev–Trinajstić information content (AvgIpc) is 2.43. The maximum atomic E-state index is 12.1. The Hall–Kier alpha value is -1.59. The molecule has 0 radical (unpaired) electrons. The van der Waals surface area contributed by atoms with Crippen LogP contribution < -0.4 is 16.0 Å². The Morgan fingerprint density at radius 1 is 1.32 bits per heavy atom. The average molecular weight is 326 g/mol. The van der Waals surface area contributed by atoms with Gasteiger partial charge in [0.25, 0.3) is 0 Å². The number of nitrogens with one attached hydrogen (secondary N) is 1. The van der Waals surface area contributed by atoms with E-state index in [1.807, 2.05) is 38.1 Å². The Kier molecular flexibility index (Phi) is 6.38. The minimum atomic E-state index is -0.427. The quantitative estimate of drug-likeness (QED) is 0.864. The second kappa shape index (κ2) is 7.61. The number of nitrogens with zero attached hydrogens (tertiary/aromatic N) is 1. The van der Waals surface area contributed by atoms with Gasteiger partial charge in [-0.3, -0.25) is 9.59 Å². The maximum absolute atomic E-state index is 12.1. The van der Waals surface area contributed by atoms with Gasteiger partial charge in [0.1, 0.15) is 0 Å². The van der Waals surface area contributed by atoms with Gasteiger partial charge in [0.2, 0.25) is 11.8 Å². The van der Waals surface area contributed by atoms with E-state index < -0.39 is 5.54 Å². The van der Waals surface area contributed by atoms with Crippen LogP contribution in [0.2, 0.25) is 0 Å². The van der Waals surface area contributed by atoms with Crippen molar-refractivity contribution in [3.8, 4) is 0 Å². The van der Waals surface area contributed by atoms with Crippen LogP contribution >= 0.6 is 12.4 Å². The summed E-state index contributed by atoms with van der Waals surface area (Å²) in [6.07, 6.45) is 1.57. The number of halogens is 1. The van der Waals surface area contributed by atoms with Crippen molar-refractivity contribution in [2.75, 3.05) is 18.0 Å². The molecule has 122 valence electrons. The van der Waals surface area contributed by atoms with E-state index in [2.05, 4.69) is 5.32 Å². The molecule has 0 aliphatic carbocycles. The van der Waals surface area contributed by atoms with E-state index in [1.165, 1.54) is 5.56 Å². The van der Waals surface area contributed by atoms with Crippen LogP contribution in [0.25, 0.3) is 0 Å². The number of para-hydroxylation sites is 1. The normalized spacial score (nSPS) is 14.1. The van der Waals surface area contributed by atoms with Crippen molar-refractivity contribution in [2.45, 2.75) is 38.6 Å². The van der Waals surface area contributed by atoms with Gasteiger partial charge < -0.3 is 16.0 Å². The molecule has 22 heavy (non-hydrogen) atoms. The first-order valence-electron chi connectivity index (χ1n) is 7.31. The van der Waals surface area contributed by atoms with Gasteiger partial charge in [0, 0.05) is 37.2 Å². The highest BCUT2D eigenvalue weighted by Crippen LogP contribution is 2.27. The molecule has 2 amide bonds. The van der Waals surface area contributed by atoms with Crippen LogP contribution in [0.3, 0.4) is 0 Å². The molecule has 0 atom stereocenters. The summed E-state index contributed by atoms with van der Waals surface area (Å²) in [7, 11) is 0. The first-order chi connectivity index (χ1) is 9.87. The Morgan fingerprint density at radius 2 is 2.00 bits per heavy atom.